The number of aromatic nitrogens is 2. The summed E-state index contributed by atoms with van der Waals surface area (Å²) in [7, 11) is 0. The quantitative estimate of drug-likeness (QED) is 0.588. The van der Waals surface area contributed by atoms with Crippen molar-refractivity contribution in [3.05, 3.63) is 62.6 Å². The van der Waals surface area contributed by atoms with Gasteiger partial charge in [-0.2, -0.15) is 0 Å². The lowest BCUT2D eigenvalue weighted by molar-refractivity contribution is 0.622. The van der Waals surface area contributed by atoms with Crippen LogP contribution in [0.4, 0.5) is 4.39 Å². The number of nitrogens with one attached hydrogen (secondary N) is 1. The fraction of sp³-hybridized carbons (Fsp3) is 0.133. The molecule has 0 saturated heterocycles. The van der Waals surface area contributed by atoms with Crippen LogP contribution >= 0.6 is 35.4 Å². The van der Waals surface area contributed by atoms with Crippen molar-refractivity contribution in [2.75, 3.05) is 0 Å². The van der Waals surface area contributed by atoms with E-state index in [0.717, 1.165) is 11.1 Å². The molecule has 0 fully saturated rings. The molecule has 0 amide bonds. The van der Waals surface area contributed by atoms with Crippen LogP contribution in [0.25, 0.3) is 11.0 Å². The number of benzene rings is 2. The number of halogens is 3. The van der Waals surface area contributed by atoms with Gasteiger partial charge in [0.1, 0.15) is 5.82 Å². The number of rotatable bonds is 2. The molecule has 6 heteroatoms. The maximum atomic E-state index is 13.5. The van der Waals surface area contributed by atoms with Crippen LogP contribution in [-0.4, -0.2) is 9.55 Å². The van der Waals surface area contributed by atoms with Gasteiger partial charge in [0, 0.05) is 10.0 Å². The van der Waals surface area contributed by atoms with Crippen molar-refractivity contribution >= 4 is 46.5 Å². The molecule has 0 saturated carbocycles. The molecule has 3 aromatic rings. The number of aromatic amines is 1. The first-order valence-corrected chi connectivity index (χ1v) is 7.48. The molecule has 0 aliphatic rings. The van der Waals surface area contributed by atoms with E-state index in [-0.39, 0.29) is 11.9 Å². The van der Waals surface area contributed by atoms with Gasteiger partial charge in [-0.1, -0.05) is 29.3 Å². The zero-order valence-corrected chi connectivity index (χ0v) is 13.4. The summed E-state index contributed by atoms with van der Waals surface area (Å²) >= 11 is 17.5. The second-order valence-electron chi connectivity index (χ2n) is 4.80. The lowest BCUT2D eigenvalue weighted by atomic mass is 10.1. The van der Waals surface area contributed by atoms with E-state index in [1.807, 2.05) is 17.6 Å². The molecule has 0 aliphatic carbocycles. The van der Waals surface area contributed by atoms with Gasteiger partial charge in [0.05, 0.1) is 17.1 Å². The van der Waals surface area contributed by atoms with Crippen LogP contribution in [-0.2, 0) is 0 Å². The second kappa shape index (κ2) is 5.44. The Hall–Kier alpha value is -1.36. The van der Waals surface area contributed by atoms with Gasteiger partial charge in [-0.15, -0.1) is 0 Å². The Bertz CT molecular complexity index is 885. The third-order valence-electron chi connectivity index (χ3n) is 3.48. The Morgan fingerprint density at radius 3 is 2.67 bits per heavy atom. The molecule has 1 N–H and O–H groups in total. The fourth-order valence-electron chi connectivity index (χ4n) is 2.46. The van der Waals surface area contributed by atoms with Crippen LogP contribution in [0.15, 0.2) is 36.4 Å². The first kappa shape index (κ1) is 14.6. The fourth-order valence-corrected chi connectivity index (χ4v) is 3.39. The average Bonchev–Trinajstić information content (AvgIpc) is 2.73. The maximum absolute atomic E-state index is 13.5. The molecule has 2 aromatic carbocycles. The van der Waals surface area contributed by atoms with E-state index in [0.29, 0.717) is 20.3 Å². The monoisotopic (exact) mass is 340 g/mol. The predicted molar refractivity (Wildman–Crippen MR) is 87.4 cm³/mol. The van der Waals surface area contributed by atoms with Crippen LogP contribution in [0.5, 0.6) is 0 Å². The van der Waals surface area contributed by atoms with Crippen molar-refractivity contribution in [1.29, 1.82) is 0 Å². The lowest BCUT2D eigenvalue weighted by Gasteiger charge is -2.17. The van der Waals surface area contributed by atoms with Gasteiger partial charge in [0.15, 0.2) is 4.77 Å². The molecule has 1 unspecified atom stereocenters. The topological polar surface area (TPSA) is 20.7 Å². The summed E-state index contributed by atoms with van der Waals surface area (Å²) in [5, 5.41) is 1.13. The van der Waals surface area contributed by atoms with Crippen molar-refractivity contribution in [1.82, 2.24) is 9.55 Å². The van der Waals surface area contributed by atoms with E-state index in [2.05, 4.69) is 4.98 Å². The lowest BCUT2D eigenvalue weighted by Crippen LogP contribution is -2.07. The molecule has 0 radical (unpaired) electrons. The van der Waals surface area contributed by atoms with E-state index >= 15 is 0 Å². The average molecular weight is 341 g/mol. The zero-order valence-electron chi connectivity index (χ0n) is 11.0. The van der Waals surface area contributed by atoms with Crippen LogP contribution in [0.2, 0.25) is 10.0 Å². The highest BCUT2D eigenvalue weighted by Crippen LogP contribution is 2.31. The van der Waals surface area contributed by atoms with Crippen molar-refractivity contribution < 1.29 is 4.39 Å². The van der Waals surface area contributed by atoms with E-state index in [1.165, 1.54) is 12.1 Å². The van der Waals surface area contributed by atoms with Gasteiger partial charge in [-0.3, -0.25) is 0 Å². The Kier molecular flexibility index (Phi) is 3.78. The summed E-state index contributed by atoms with van der Waals surface area (Å²) in [6.07, 6.45) is 0. The third kappa shape index (κ3) is 2.59. The summed E-state index contributed by atoms with van der Waals surface area (Å²) < 4.78 is 15.9. The second-order valence-corrected chi connectivity index (χ2v) is 6.03. The predicted octanol–water partition coefficient (Wildman–Crippen LogP) is 5.75. The van der Waals surface area contributed by atoms with E-state index in [9.17, 15) is 4.39 Å². The van der Waals surface area contributed by atoms with Crippen molar-refractivity contribution in [3.63, 3.8) is 0 Å². The van der Waals surface area contributed by atoms with Gasteiger partial charge in [-0.05, 0) is 55.0 Å². The van der Waals surface area contributed by atoms with Gasteiger partial charge >= 0.3 is 0 Å². The molecule has 0 bridgehead atoms. The summed E-state index contributed by atoms with van der Waals surface area (Å²) in [5.41, 5.74) is 2.37. The highest BCUT2D eigenvalue weighted by atomic mass is 35.5. The summed E-state index contributed by atoms with van der Waals surface area (Å²) in [5.74, 6) is -0.306. The molecule has 0 aliphatic heterocycles. The molecule has 108 valence electrons. The van der Waals surface area contributed by atoms with E-state index in [1.54, 1.807) is 18.2 Å². The van der Waals surface area contributed by atoms with Gasteiger partial charge in [0.2, 0.25) is 0 Å². The van der Waals surface area contributed by atoms with Crippen LogP contribution < -0.4 is 0 Å². The maximum Gasteiger partial charge on any atom is 0.178 e. The van der Waals surface area contributed by atoms with Crippen molar-refractivity contribution in [3.8, 4) is 0 Å². The molecule has 1 heterocycles. The Labute approximate surface area is 136 Å². The van der Waals surface area contributed by atoms with Crippen LogP contribution in [0.3, 0.4) is 0 Å². The van der Waals surface area contributed by atoms with E-state index in [4.69, 9.17) is 35.4 Å². The minimum Gasteiger partial charge on any atom is -0.331 e. The third-order valence-corrected chi connectivity index (χ3v) is 4.34. The van der Waals surface area contributed by atoms with E-state index < -0.39 is 0 Å². The van der Waals surface area contributed by atoms with Crippen molar-refractivity contribution in [2.24, 2.45) is 0 Å². The molecule has 3 rings (SSSR count). The normalized spacial score (nSPS) is 12.8. The minimum absolute atomic E-state index is 0.141. The number of H-pyrrole nitrogens is 1. The Morgan fingerprint density at radius 1 is 1.19 bits per heavy atom. The molecular formula is C15H11Cl2FN2S. The summed E-state index contributed by atoms with van der Waals surface area (Å²) in [4.78, 5) is 3.08. The number of nitrogens with zero attached hydrogens (tertiary/aromatic N) is 1. The smallest absolute Gasteiger partial charge is 0.178 e. The molecule has 1 atom stereocenters. The van der Waals surface area contributed by atoms with Crippen LogP contribution in [0, 0.1) is 10.6 Å². The van der Waals surface area contributed by atoms with Gasteiger partial charge in [-0.25, -0.2) is 4.39 Å². The standard InChI is InChI=1S/C15H11Cl2FN2S/c1-8(11-4-2-9(16)6-12(11)17)20-14-7-10(18)3-5-13(14)19-15(20)21/h2-8H,1H3,(H,19,21). The highest BCUT2D eigenvalue weighted by Gasteiger charge is 2.16. The summed E-state index contributed by atoms with van der Waals surface area (Å²) in [6.45, 7) is 1.96. The van der Waals surface area contributed by atoms with Crippen molar-refractivity contribution in [2.45, 2.75) is 13.0 Å². The zero-order chi connectivity index (χ0) is 15.1. The molecule has 0 spiro atoms. The number of fused-ring (bicyclic) bond motifs is 1. The highest BCUT2D eigenvalue weighted by molar-refractivity contribution is 7.71. The van der Waals surface area contributed by atoms with Gasteiger partial charge < -0.3 is 9.55 Å². The number of hydrogen-bond donors (Lipinski definition) is 1. The Balaban J connectivity index is 2.21. The number of imidazole rings is 1. The molecule has 21 heavy (non-hydrogen) atoms. The SMILES string of the molecule is CC(c1ccc(Cl)cc1Cl)n1c(=S)[nH]c2ccc(F)cc21. The molecule has 2 nitrogen and oxygen atoms in total. The largest absolute Gasteiger partial charge is 0.331 e. The molecular weight excluding hydrogens is 330 g/mol. The first-order valence-electron chi connectivity index (χ1n) is 6.32. The number of hydrogen-bond acceptors (Lipinski definition) is 1. The molecule has 1 aromatic heterocycles. The van der Waals surface area contributed by atoms with Crippen LogP contribution in [0.1, 0.15) is 18.5 Å². The summed E-state index contributed by atoms with van der Waals surface area (Å²) in [6, 6.07) is 9.71. The first-order chi connectivity index (χ1) is 9.97. The Morgan fingerprint density at radius 2 is 1.95 bits per heavy atom. The van der Waals surface area contributed by atoms with Gasteiger partial charge in [0.25, 0.3) is 0 Å². The minimum atomic E-state index is -0.306.